The molecule has 0 saturated heterocycles. The van der Waals surface area contributed by atoms with Gasteiger partial charge in [-0.2, -0.15) is 0 Å². The van der Waals surface area contributed by atoms with Crippen LogP contribution in [0.1, 0.15) is 18.1 Å². The first kappa shape index (κ1) is 20.7. The van der Waals surface area contributed by atoms with E-state index in [0.717, 1.165) is 5.56 Å². The van der Waals surface area contributed by atoms with Gasteiger partial charge in [-0.3, -0.25) is 10.1 Å². The maximum absolute atomic E-state index is 12.0. The summed E-state index contributed by atoms with van der Waals surface area (Å²) >= 11 is 0. The molecular weight excluding hydrogens is 360 g/mol. The number of hydrogen-bond acceptors (Lipinski definition) is 5. The number of hydrogen-bond donors (Lipinski definition) is 2. The Morgan fingerprint density at radius 3 is 2.43 bits per heavy atom. The van der Waals surface area contributed by atoms with Crippen LogP contribution in [0.15, 0.2) is 60.7 Å². The number of para-hydroxylation sites is 1. The van der Waals surface area contributed by atoms with Crippen molar-refractivity contribution in [1.29, 1.82) is 0 Å². The number of amides is 3. The molecule has 1 atom stereocenters. The van der Waals surface area contributed by atoms with E-state index >= 15 is 0 Å². The Hall–Kier alpha value is -3.61. The van der Waals surface area contributed by atoms with Gasteiger partial charge >= 0.3 is 12.0 Å². The predicted molar refractivity (Wildman–Crippen MR) is 104 cm³/mol. The van der Waals surface area contributed by atoms with Crippen LogP contribution in [-0.4, -0.2) is 31.1 Å². The fourth-order valence-corrected chi connectivity index (χ4v) is 2.26. The van der Waals surface area contributed by atoms with E-state index in [2.05, 4.69) is 10.6 Å². The minimum absolute atomic E-state index is 0.274. The highest BCUT2D eigenvalue weighted by Crippen LogP contribution is 2.18. The third-order valence-corrected chi connectivity index (χ3v) is 3.73. The van der Waals surface area contributed by atoms with E-state index in [1.165, 1.54) is 26.2 Å². The Balaban J connectivity index is 1.80. The van der Waals surface area contributed by atoms with E-state index in [4.69, 9.17) is 9.47 Å². The number of imide groups is 1. The van der Waals surface area contributed by atoms with Crippen molar-refractivity contribution >= 4 is 24.0 Å². The van der Waals surface area contributed by atoms with E-state index in [1.54, 1.807) is 18.2 Å². The summed E-state index contributed by atoms with van der Waals surface area (Å²) in [7, 11) is 1.53. The zero-order chi connectivity index (χ0) is 20.4. The summed E-state index contributed by atoms with van der Waals surface area (Å²) < 4.78 is 10.2. The molecule has 7 nitrogen and oxygen atoms in total. The smallest absolute Gasteiger partial charge is 0.331 e. The molecule has 0 aliphatic rings. The second-order valence-corrected chi connectivity index (χ2v) is 5.81. The molecule has 0 spiro atoms. The van der Waals surface area contributed by atoms with Crippen molar-refractivity contribution < 1.29 is 23.9 Å². The summed E-state index contributed by atoms with van der Waals surface area (Å²) in [4.78, 5) is 35.7. The maximum Gasteiger partial charge on any atom is 0.331 e. The zero-order valence-corrected chi connectivity index (χ0v) is 15.7. The largest absolute Gasteiger partial charge is 0.496 e. The van der Waals surface area contributed by atoms with Crippen molar-refractivity contribution in [2.45, 2.75) is 19.6 Å². The van der Waals surface area contributed by atoms with Gasteiger partial charge in [-0.15, -0.1) is 0 Å². The first-order valence-corrected chi connectivity index (χ1v) is 8.64. The van der Waals surface area contributed by atoms with E-state index in [1.807, 2.05) is 36.4 Å². The average molecular weight is 382 g/mol. The third kappa shape index (κ3) is 6.60. The highest BCUT2D eigenvalue weighted by Gasteiger charge is 2.18. The Kier molecular flexibility index (Phi) is 7.77. The number of carbonyl (C=O) groups is 3. The minimum Gasteiger partial charge on any atom is -0.496 e. The van der Waals surface area contributed by atoms with Crippen LogP contribution in [0.2, 0.25) is 0 Å². The molecule has 28 heavy (non-hydrogen) atoms. The molecule has 7 heteroatoms. The minimum atomic E-state index is -1.13. The van der Waals surface area contributed by atoms with Gasteiger partial charge in [-0.1, -0.05) is 48.5 Å². The summed E-state index contributed by atoms with van der Waals surface area (Å²) in [5, 5.41) is 4.70. The van der Waals surface area contributed by atoms with Crippen LogP contribution >= 0.6 is 0 Å². The van der Waals surface area contributed by atoms with Crippen molar-refractivity contribution in [2.75, 3.05) is 7.11 Å². The quantitative estimate of drug-likeness (QED) is 0.567. The molecule has 0 radical (unpaired) electrons. The van der Waals surface area contributed by atoms with Gasteiger partial charge in [0, 0.05) is 18.2 Å². The average Bonchev–Trinajstić information content (AvgIpc) is 2.71. The number of ether oxygens (including phenoxy) is 2. The van der Waals surface area contributed by atoms with Gasteiger partial charge in [0.1, 0.15) is 5.75 Å². The molecule has 0 saturated carbocycles. The van der Waals surface area contributed by atoms with Crippen molar-refractivity contribution in [2.24, 2.45) is 0 Å². The van der Waals surface area contributed by atoms with Crippen LogP contribution in [0.4, 0.5) is 4.79 Å². The molecule has 0 heterocycles. The molecule has 0 bridgehead atoms. The second-order valence-electron chi connectivity index (χ2n) is 5.81. The lowest BCUT2D eigenvalue weighted by atomic mass is 10.2. The number of methoxy groups -OCH3 is 1. The van der Waals surface area contributed by atoms with Gasteiger partial charge in [0.05, 0.1) is 7.11 Å². The molecule has 0 aromatic heterocycles. The zero-order valence-electron chi connectivity index (χ0n) is 15.7. The SMILES string of the molecule is COc1ccccc1/C=C/C(=O)OC(C)C(=O)NC(=O)NCc1ccccc1. The highest BCUT2D eigenvalue weighted by atomic mass is 16.5. The van der Waals surface area contributed by atoms with Crippen LogP contribution in [0, 0.1) is 0 Å². The summed E-state index contributed by atoms with van der Waals surface area (Å²) in [5.74, 6) is -0.824. The molecule has 0 aliphatic carbocycles. The molecule has 1 unspecified atom stereocenters. The Labute approximate surface area is 163 Å². The standard InChI is InChI=1S/C21H22N2O5/c1-15(20(25)23-21(26)22-14-16-8-4-3-5-9-16)28-19(24)13-12-17-10-6-7-11-18(17)27-2/h3-13,15H,14H2,1-2H3,(H2,22,23,25,26)/b13-12+. The van der Waals surface area contributed by atoms with E-state index in [-0.39, 0.29) is 6.54 Å². The van der Waals surface area contributed by atoms with Crippen LogP contribution in [0.25, 0.3) is 6.08 Å². The third-order valence-electron chi connectivity index (χ3n) is 3.73. The molecule has 0 aliphatic heterocycles. The Morgan fingerprint density at radius 1 is 1.04 bits per heavy atom. The van der Waals surface area contributed by atoms with E-state index in [0.29, 0.717) is 11.3 Å². The number of carbonyl (C=O) groups excluding carboxylic acids is 3. The number of rotatable bonds is 7. The molecule has 0 fully saturated rings. The van der Waals surface area contributed by atoms with Gasteiger partial charge in [-0.05, 0) is 24.6 Å². The van der Waals surface area contributed by atoms with Gasteiger partial charge in [-0.25, -0.2) is 9.59 Å². The molecule has 2 N–H and O–H groups in total. The Bertz CT molecular complexity index is 849. The molecule has 2 rings (SSSR count). The number of benzene rings is 2. The monoisotopic (exact) mass is 382 g/mol. The fraction of sp³-hybridized carbons (Fsp3) is 0.190. The van der Waals surface area contributed by atoms with E-state index < -0.39 is 24.0 Å². The lowest BCUT2D eigenvalue weighted by Gasteiger charge is -2.12. The van der Waals surface area contributed by atoms with E-state index in [9.17, 15) is 14.4 Å². The van der Waals surface area contributed by atoms with Gasteiger partial charge < -0.3 is 14.8 Å². The molecule has 146 valence electrons. The van der Waals surface area contributed by atoms with Crippen molar-refractivity contribution in [3.8, 4) is 5.75 Å². The molecule has 2 aromatic carbocycles. The number of esters is 1. The van der Waals surface area contributed by atoms with Crippen LogP contribution in [-0.2, 0) is 20.9 Å². The maximum atomic E-state index is 12.0. The number of urea groups is 1. The van der Waals surface area contributed by atoms with Crippen molar-refractivity contribution in [3.63, 3.8) is 0 Å². The summed E-state index contributed by atoms with van der Waals surface area (Å²) in [6.07, 6.45) is 1.59. The summed E-state index contributed by atoms with van der Waals surface area (Å²) in [6.45, 7) is 1.66. The molecule has 3 amide bonds. The van der Waals surface area contributed by atoms with Crippen molar-refractivity contribution in [3.05, 3.63) is 71.8 Å². The predicted octanol–water partition coefficient (Wildman–Crippen LogP) is 2.67. The van der Waals surface area contributed by atoms with Gasteiger partial charge in [0.2, 0.25) is 0 Å². The normalized spacial score (nSPS) is 11.5. The first-order valence-electron chi connectivity index (χ1n) is 8.64. The lowest BCUT2D eigenvalue weighted by Crippen LogP contribution is -2.44. The number of nitrogens with one attached hydrogen (secondary N) is 2. The Morgan fingerprint density at radius 2 is 1.71 bits per heavy atom. The molecular formula is C21H22N2O5. The van der Waals surface area contributed by atoms with Crippen LogP contribution in [0.5, 0.6) is 5.75 Å². The van der Waals surface area contributed by atoms with Gasteiger partial charge in [0.15, 0.2) is 6.10 Å². The fourth-order valence-electron chi connectivity index (χ4n) is 2.26. The first-order chi connectivity index (χ1) is 13.5. The summed E-state index contributed by atoms with van der Waals surface area (Å²) in [6, 6.07) is 15.7. The molecule has 2 aromatic rings. The topological polar surface area (TPSA) is 93.7 Å². The van der Waals surface area contributed by atoms with Gasteiger partial charge in [0.25, 0.3) is 5.91 Å². The lowest BCUT2D eigenvalue weighted by molar-refractivity contribution is -0.149. The highest BCUT2D eigenvalue weighted by molar-refractivity contribution is 5.98. The van der Waals surface area contributed by atoms with Crippen LogP contribution in [0.3, 0.4) is 0 Å². The summed E-state index contributed by atoms with van der Waals surface area (Å²) in [5.41, 5.74) is 1.59. The second kappa shape index (κ2) is 10.5. The van der Waals surface area contributed by atoms with Crippen molar-refractivity contribution in [1.82, 2.24) is 10.6 Å². The van der Waals surface area contributed by atoms with Crippen LogP contribution < -0.4 is 15.4 Å².